The molecule has 0 radical (unpaired) electrons. The van der Waals surface area contributed by atoms with E-state index >= 15 is 0 Å². The van der Waals surface area contributed by atoms with Crippen molar-refractivity contribution in [3.05, 3.63) is 104 Å². The van der Waals surface area contributed by atoms with E-state index in [4.69, 9.17) is 0 Å². The van der Waals surface area contributed by atoms with Crippen LogP contribution in [0.2, 0.25) is 0 Å². The molecule has 7 heteroatoms. The molecule has 4 rings (SSSR count). The number of aromatic nitrogens is 4. The fourth-order valence-corrected chi connectivity index (χ4v) is 3.30. The largest absolute Gasteiger partial charge is 0.352 e. The number of ketones is 1. The lowest BCUT2D eigenvalue weighted by Crippen LogP contribution is -2.38. The summed E-state index contributed by atoms with van der Waals surface area (Å²) in [4.78, 5) is 46.6. The highest BCUT2D eigenvalue weighted by Gasteiger charge is 2.19. The first kappa shape index (κ1) is 19.4. The Morgan fingerprint density at radius 1 is 1.00 bits per heavy atom. The van der Waals surface area contributed by atoms with E-state index in [1.165, 1.54) is 0 Å². The second kappa shape index (κ2) is 7.87. The third-order valence-electron chi connectivity index (χ3n) is 5.14. The van der Waals surface area contributed by atoms with Gasteiger partial charge in [-0.2, -0.15) is 4.98 Å². The van der Waals surface area contributed by atoms with Gasteiger partial charge < -0.3 is 4.57 Å². The van der Waals surface area contributed by atoms with E-state index in [-0.39, 0.29) is 30.3 Å². The molecule has 7 nitrogen and oxygen atoms in total. The van der Waals surface area contributed by atoms with Gasteiger partial charge >= 0.3 is 5.69 Å². The molecule has 2 aliphatic heterocycles. The maximum atomic E-state index is 12.9. The van der Waals surface area contributed by atoms with Crippen LogP contribution in [0.3, 0.4) is 0 Å². The van der Waals surface area contributed by atoms with Gasteiger partial charge in [0.25, 0.3) is 5.56 Å². The Morgan fingerprint density at radius 3 is 2.57 bits per heavy atom. The SMILES string of the molecule is Cc1ccc(C(=O)Cn2cccc3c(=O)n(Cc4ccccn4)c(=O)nc2-3)cc1C. The van der Waals surface area contributed by atoms with Crippen LogP contribution in [0.5, 0.6) is 0 Å². The molecule has 0 spiro atoms. The number of carbonyl (C=O) groups is 1. The van der Waals surface area contributed by atoms with Gasteiger partial charge in [0, 0.05) is 18.0 Å². The fraction of sp³-hybridized carbons (Fsp3) is 0.174. The van der Waals surface area contributed by atoms with E-state index in [0.29, 0.717) is 11.3 Å². The van der Waals surface area contributed by atoms with Gasteiger partial charge in [-0.3, -0.25) is 19.1 Å². The molecule has 0 unspecified atom stereocenters. The second-order valence-corrected chi connectivity index (χ2v) is 7.20. The van der Waals surface area contributed by atoms with E-state index in [2.05, 4.69) is 9.97 Å². The molecule has 0 amide bonds. The Labute approximate surface area is 172 Å². The molecule has 3 heterocycles. The number of Topliss-reactive ketones (excluding diaryl/α,β-unsaturated/α-hetero) is 1. The summed E-state index contributed by atoms with van der Waals surface area (Å²) in [6.45, 7) is 3.96. The summed E-state index contributed by atoms with van der Waals surface area (Å²) in [6.07, 6.45) is 3.25. The number of nitrogens with zero attached hydrogens (tertiary/aromatic N) is 4. The average Bonchev–Trinajstić information content (AvgIpc) is 2.74. The topological polar surface area (TPSA) is 86.9 Å². The molecular weight excluding hydrogens is 380 g/mol. The van der Waals surface area contributed by atoms with Crippen molar-refractivity contribution in [1.29, 1.82) is 0 Å². The number of fused-ring (bicyclic) bond motifs is 1. The van der Waals surface area contributed by atoms with Gasteiger partial charge in [-0.25, -0.2) is 4.79 Å². The minimum Gasteiger partial charge on any atom is -0.324 e. The predicted molar refractivity (Wildman–Crippen MR) is 113 cm³/mol. The Bertz CT molecular complexity index is 1320. The first-order valence-corrected chi connectivity index (χ1v) is 9.54. The van der Waals surface area contributed by atoms with Crippen LogP contribution in [-0.4, -0.2) is 24.9 Å². The van der Waals surface area contributed by atoms with Gasteiger partial charge in [0.2, 0.25) is 0 Å². The molecule has 0 bridgehead atoms. The third kappa shape index (κ3) is 3.69. The average molecular weight is 400 g/mol. The van der Waals surface area contributed by atoms with E-state index in [1.807, 2.05) is 26.0 Å². The number of benzene rings is 1. The van der Waals surface area contributed by atoms with Gasteiger partial charge in [-0.1, -0.05) is 18.2 Å². The zero-order valence-electron chi connectivity index (χ0n) is 16.7. The number of rotatable bonds is 5. The number of hydrogen-bond donors (Lipinski definition) is 0. The first-order chi connectivity index (χ1) is 14.4. The van der Waals surface area contributed by atoms with Crippen LogP contribution in [0.4, 0.5) is 0 Å². The minimum absolute atomic E-state index is 0.0179. The Kier molecular flexibility index (Phi) is 5.10. The molecule has 0 N–H and O–H groups in total. The number of hydrogen-bond acceptors (Lipinski definition) is 5. The Morgan fingerprint density at radius 2 is 1.83 bits per heavy atom. The van der Waals surface area contributed by atoms with Crippen molar-refractivity contribution in [3.63, 3.8) is 0 Å². The van der Waals surface area contributed by atoms with Crippen LogP contribution in [0.1, 0.15) is 27.2 Å². The van der Waals surface area contributed by atoms with Crippen LogP contribution in [0, 0.1) is 13.8 Å². The fourth-order valence-electron chi connectivity index (χ4n) is 3.30. The molecule has 0 saturated carbocycles. The molecule has 0 saturated heterocycles. The summed E-state index contributed by atoms with van der Waals surface area (Å²) >= 11 is 0. The van der Waals surface area contributed by atoms with Gasteiger partial charge in [0.05, 0.1) is 24.3 Å². The van der Waals surface area contributed by atoms with Gasteiger partial charge in [0.15, 0.2) is 11.6 Å². The van der Waals surface area contributed by atoms with Crippen molar-refractivity contribution in [2.24, 2.45) is 0 Å². The third-order valence-corrected chi connectivity index (χ3v) is 5.14. The summed E-state index contributed by atoms with van der Waals surface area (Å²) in [5.41, 5.74) is 2.46. The summed E-state index contributed by atoms with van der Waals surface area (Å²) in [6, 6.07) is 14.1. The quantitative estimate of drug-likeness (QED) is 0.480. The number of carbonyl (C=O) groups excluding carboxylic acids is 1. The lowest BCUT2D eigenvalue weighted by atomic mass is 10.0. The molecule has 1 aromatic heterocycles. The molecule has 0 aliphatic carbocycles. The van der Waals surface area contributed by atoms with Crippen LogP contribution in [0.15, 0.2) is 70.5 Å². The monoisotopic (exact) mass is 400 g/mol. The normalized spacial score (nSPS) is 11.0. The zero-order valence-corrected chi connectivity index (χ0v) is 16.7. The molecule has 0 fully saturated rings. The molecule has 30 heavy (non-hydrogen) atoms. The van der Waals surface area contributed by atoms with Gasteiger partial charge in [-0.15, -0.1) is 0 Å². The summed E-state index contributed by atoms with van der Waals surface area (Å²) in [7, 11) is 0. The molecular formula is C23H20N4O3. The number of pyridine rings is 2. The summed E-state index contributed by atoms with van der Waals surface area (Å²) < 4.78 is 2.60. The van der Waals surface area contributed by atoms with E-state index < -0.39 is 11.2 Å². The molecule has 1 aromatic carbocycles. The summed E-state index contributed by atoms with van der Waals surface area (Å²) in [5.74, 6) is 0.0736. The van der Waals surface area contributed by atoms with Crippen molar-refractivity contribution in [2.75, 3.05) is 0 Å². The molecule has 0 atom stereocenters. The highest BCUT2D eigenvalue weighted by atomic mass is 16.2. The van der Waals surface area contributed by atoms with Crippen LogP contribution in [0.25, 0.3) is 11.4 Å². The molecule has 150 valence electrons. The zero-order chi connectivity index (χ0) is 21.3. The van der Waals surface area contributed by atoms with Crippen molar-refractivity contribution in [1.82, 2.24) is 19.1 Å². The maximum Gasteiger partial charge on any atom is 0.352 e. The standard InChI is InChI=1S/C23H20N4O3/c1-15-8-9-17(12-16(15)2)20(28)14-26-11-5-7-19-21(26)25-23(30)27(22(19)29)13-18-6-3-4-10-24-18/h3-12H,13-14H2,1-2H3. The Hall–Kier alpha value is -3.87. The maximum absolute atomic E-state index is 12.9. The van der Waals surface area contributed by atoms with Crippen molar-refractivity contribution < 1.29 is 4.79 Å². The minimum atomic E-state index is -0.670. The Balaban J connectivity index is 1.72. The summed E-state index contributed by atoms with van der Waals surface area (Å²) in [5, 5.41) is 0. The highest BCUT2D eigenvalue weighted by molar-refractivity contribution is 5.96. The molecule has 2 aromatic rings. The van der Waals surface area contributed by atoms with Crippen molar-refractivity contribution in [2.45, 2.75) is 26.9 Å². The van der Waals surface area contributed by atoms with Crippen LogP contribution < -0.4 is 11.2 Å². The van der Waals surface area contributed by atoms with Gasteiger partial charge in [-0.05, 0) is 55.3 Å². The smallest absolute Gasteiger partial charge is 0.324 e. The first-order valence-electron chi connectivity index (χ1n) is 9.54. The van der Waals surface area contributed by atoms with Crippen molar-refractivity contribution >= 4 is 5.78 Å². The van der Waals surface area contributed by atoms with E-state index in [9.17, 15) is 14.4 Å². The number of aryl methyl sites for hydroxylation is 2. The van der Waals surface area contributed by atoms with E-state index in [0.717, 1.165) is 15.7 Å². The van der Waals surface area contributed by atoms with Gasteiger partial charge in [0.1, 0.15) is 0 Å². The predicted octanol–water partition coefficient (Wildman–Crippen LogP) is 2.45. The van der Waals surface area contributed by atoms with Crippen LogP contribution in [-0.2, 0) is 13.1 Å². The van der Waals surface area contributed by atoms with Crippen molar-refractivity contribution in [3.8, 4) is 11.4 Å². The van der Waals surface area contributed by atoms with E-state index in [1.54, 1.807) is 53.4 Å². The van der Waals surface area contributed by atoms with Crippen LogP contribution >= 0.6 is 0 Å². The lowest BCUT2D eigenvalue weighted by molar-refractivity contribution is 0.0972. The molecule has 2 aliphatic rings. The second-order valence-electron chi connectivity index (χ2n) is 7.20. The lowest BCUT2D eigenvalue weighted by Gasteiger charge is -2.15. The highest BCUT2D eigenvalue weighted by Crippen LogP contribution is 2.16.